The van der Waals surface area contributed by atoms with E-state index in [-0.39, 0.29) is 12.1 Å². The van der Waals surface area contributed by atoms with Crippen LogP contribution in [0.5, 0.6) is 5.75 Å². The highest BCUT2D eigenvalue weighted by Gasteiger charge is 2.06. The van der Waals surface area contributed by atoms with Gasteiger partial charge < -0.3 is 15.2 Å². The van der Waals surface area contributed by atoms with Crippen LogP contribution in [0, 0.1) is 0 Å². The molecule has 0 aliphatic heterocycles. The molecule has 1 unspecified atom stereocenters. The molecule has 3 nitrogen and oxygen atoms in total. The van der Waals surface area contributed by atoms with E-state index in [0.29, 0.717) is 6.61 Å². The summed E-state index contributed by atoms with van der Waals surface area (Å²) in [6.07, 6.45) is 5.10. The van der Waals surface area contributed by atoms with Crippen molar-refractivity contribution in [2.24, 2.45) is 5.73 Å². The third-order valence-electron chi connectivity index (χ3n) is 3.12. The molecule has 1 rings (SSSR count). The van der Waals surface area contributed by atoms with Crippen LogP contribution in [-0.2, 0) is 4.74 Å². The Balaban J connectivity index is 2.27. The van der Waals surface area contributed by atoms with Crippen LogP contribution in [0.1, 0.15) is 58.1 Å². The van der Waals surface area contributed by atoms with E-state index in [1.807, 2.05) is 38.1 Å². The van der Waals surface area contributed by atoms with E-state index in [0.717, 1.165) is 24.3 Å². The molecule has 3 heteroatoms. The molecule has 0 aliphatic carbocycles. The first-order valence-corrected chi connectivity index (χ1v) is 7.73. The zero-order chi connectivity index (χ0) is 14.8. The van der Waals surface area contributed by atoms with E-state index in [4.69, 9.17) is 15.2 Å². The van der Waals surface area contributed by atoms with E-state index >= 15 is 0 Å². The third kappa shape index (κ3) is 6.92. The van der Waals surface area contributed by atoms with E-state index in [9.17, 15) is 0 Å². The molecule has 1 aromatic carbocycles. The minimum Gasteiger partial charge on any atom is -0.491 e. The Morgan fingerprint density at radius 2 is 1.75 bits per heavy atom. The van der Waals surface area contributed by atoms with Gasteiger partial charge in [-0.1, -0.05) is 38.3 Å². The zero-order valence-corrected chi connectivity index (χ0v) is 13.1. The summed E-state index contributed by atoms with van der Waals surface area (Å²) in [5.41, 5.74) is 7.21. The molecule has 2 N–H and O–H groups in total. The van der Waals surface area contributed by atoms with Gasteiger partial charge in [-0.25, -0.2) is 0 Å². The molecule has 1 aromatic rings. The second kappa shape index (κ2) is 9.78. The predicted molar refractivity (Wildman–Crippen MR) is 84.1 cm³/mol. The van der Waals surface area contributed by atoms with Gasteiger partial charge in [-0.2, -0.15) is 0 Å². The molecule has 0 saturated carbocycles. The lowest BCUT2D eigenvalue weighted by molar-refractivity contribution is 0.117. The van der Waals surface area contributed by atoms with Crippen molar-refractivity contribution in [3.8, 4) is 5.75 Å². The summed E-state index contributed by atoms with van der Waals surface area (Å²) in [5.74, 6) is 0.886. The Morgan fingerprint density at radius 1 is 1.05 bits per heavy atom. The van der Waals surface area contributed by atoms with Gasteiger partial charge >= 0.3 is 0 Å². The molecule has 114 valence electrons. The molecule has 20 heavy (non-hydrogen) atoms. The zero-order valence-electron chi connectivity index (χ0n) is 13.1. The molecule has 0 spiro atoms. The lowest BCUT2D eigenvalue weighted by Gasteiger charge is -2.14. The fourth-order valence-corrected chi connectivity index (χ4v) is 2.00. The fourth-order valence-electron chi connectivity index (χ4n) is 2.00. The molecule has 0 aromatic heterocycles. The lowest BCUT2D eigenvalue weighted by atomic mass is 10.1. The number of ether oxygens (including phenoxy) is 2. The van der Waals surface area contributed by atoms with Crippen molar-refractivity contribution in [1.82, 2.24) is 0 Å². The third-order valence-corrected chi connectivity index (χ3v) is 3.12. The predicted octanol–water partition coefficient (Wildman–Crippen LogP) is 4.07. The van der Waals surface area contributed by atoms with Gasteiger partial charge in [0, 0.05) is 6.61 Å². The standard InChI is InChI=1S/C17H29NO2/c1-4-5-6-7-12-19-13-17(18)15-8-10-16(11-9-15)20-14(2)3/h8-11,14,17H,4-7,12-13,18H2,1-3H3. The number of hydrogen-bond acceptors (Lipinski definition) is 3. The largest absolute Gasteiger partial charge is 0.491 e. The van der Waals surface area contributed by atoms with Crippen LogP contribution in [-0.4, -0.2) is 19.3 Å². The van der Waals surface area contributed by atoms with E-state index in [1.165, 1.54) is 19.3 Å². The van der Waals surface area contributed by atoms with Gasteiger partial charge in [-0.15, -0.1) is 0 Å². The summed E-state index contributed by atoms with van der Waals surface area (Å²) in [4.78, 5) is 0. The van der Waals surface area contributed by atoms with Crippen molar-refractivity contribution in [1.29, 1.82) is 0 Å². The van der Waals surface area contributed by atoms with Crippen molar-refractivity contribution < 1.29 is 9.47 Å². The van der Waals surface area contributed by atoms with Crippen molar-refractivity contribution >= 4 is 0 Å². The summed E-state index contributed by atoms with van der Waals surface area (Å²) in [6.45, 7) is 7.64. The molecule has 0 bridgehead atoms. The van der Waals surface area contributed by atoms with Gasteiger partial charge in [0.05, 0.1) is 18.8 Å². The van der Waals surface area contributed by atoms with Crippen LogP contribution in [0.15, 0.2) is 24.3 Å². The van der Waals surface area contributed by atoms with E-state index < -0.39 is 0 Å². The van der Waals surface area contributed by atoms with Crippen LogP contribution in [0.25, 0.3) is 0 Å². The van der Waals surface area contributed by atoms with Gasteiger partial charge in [0.2, 0.25) is 0 Å². The second-order valence-corrected chi connectivity index (χ2v) is 5.48. The number of rotatable bonds is 10. The quantitative estimate of drug-likeness (QED) is 0.657. The minimum atomic E-state index is -0.0609. The van der Waals surface area contributed by atoms with Crippen LogP contribution in [0.4, 0.5) is 0 Å². The highest BCUT2D eigenvalue weighted by molar-refractivity contribution is 5.29. The van der Waals surface area contributed by atoms with Gasteiger partial charge in [-0.3, -0.25) is 0 Å². The normalized spacial score (nSPS) is 12.7. The molecule has 0 heterocycles. The number of hydrogen-bond donors (Lipinski definition) is 1. The van der Waals surface area contributed by atoms with Crippen LogP contribution >= 0.6 is 0 Å². The second-order valence-electron chi connectivity index (χ2n) is 5.48. The van der Waals surface area contributed by atoms with Gasteiger partial charge in [0.25, 0.3) is 0 Å². The summed E-state index contributed by atoms with van der Waals surface area (Å²) in [6, 6.07) is 7.91. The van der Waals surface area contributed by atoms with Crippen molar-refractivity contribution in [2.45, 2.75) is 58.6 Å². The Hall–Kier alpha value is -1.06. The van der Waals surface area contributed by atoms with Crippen LogP contribution in [0.3, 0.4) is 0 Å². The first kappa shape index (κ1) is 17.0. The molecule has 0 aliphatic rings. The van der Waals surface area contributed by atoms with E-state index in [1.54, 1.807) is 0 Å². The fraction of sp³-hybridized carbons (Fsp3) is 0.647. The van der Waals surface area contributed by atoms with Crippen LogP contribution in [0.2, 0.25) is 0 Å². The molecule has 0 radical (unpaired) electrons. The van der Waals surface area contributed by atoms with Gasteiger partial charge in [0.15, 0.2) is 0 Å². The monoisotopic (exact) mass is 279 g/mol. The summed E-state index contributed by atoms with van der Waals surface area (Å²) < 4.78 is 11.2. The van der Waals surface area contributed by atoms with Crippen molar-refractivity contribution in [2.75, 3.05) is 13.2 Å². The summed E-state index contributed by atoms with van der Waals surface area (Å²) >= 11 is 0. The minimum absolute atomic E-state index is 0.0609. The number of unbranched alkanes of at least 4 members (excludes halogenated alkanes) is 3. The Kier molecular flexibility index (Phi) is 8.31. The summed E-state index contributed by atoms with van der Waals surface area (Å²) in [5, 5.41) is 0. The number of nitrogens with two attached hydrogens (primary N) is 1. The Morgan fingerprint density at radius 3 is 2.35 bits per heavy atom. The van der Waals surface area contributed by atoms with Gasteiger partial charge in [0.1, 0.15) is 5.75 Å². The maximum Gasteiger partial charge on any atom is 0.119 e. The van der Waals surface area contributed by atoms with Crippen LogP contribution < -0.4 is 10.5 Å². The first-order valence-electron chi connectivity index (χ1n) is 7.73. The van der Waals surface area contributed by atoms with Gasteiger partial charge in [-0.05, 0) is 38.0 Å². The average Bonchev–Trinajstić information content (AvgIpc) is 2.42. The molecular weight excluding hydrogens is 250 g/mol. The first-order chi connectivity index (χ1) is 9.63. The van der Waals surface area contributed by atoms with Crippen molar-refractivity contribution in [3.05, 3.63) is 29.8 Å². The summed E-state index contributed by atoms with van der Waals surface area (Å²) in [7, 11) is 0. The topological polar surface area (TPSA) is 44.5 Å². The smallest absolute Gasteiger partial charge is 0.119 e. The average molecular weight is 279 g/mol. The highest BCUT2D eigenvalue weighted by Crippen LogP contribution is 2.17. The Bertz CT molecular complexity index is 349. The molecule has 1 atom stereocenters. The lowest BCUT2D eigenvalue weighted by Crippen LogP contribution is -2.17. The maximum absolute atomic E-state index is 6.12. The van der Waals surface area contributed by atoms with Crippen molar-refractivity contribution in [3.63, 3.8) is 0 Å². The number of benzene rings is 1. The Labute approximate surface area is 123 Å². The SMILES string of the molecule is CCCCCCOCC(N)c1ccc(OC(C)C)cc1. The molecular formula is C17H29NO2. The maximum atomic E-state index is 6.12. The molecule has 0 amide bonds. The molecule has 0 fully saturated rings. The van der Waals surface area contributed by atoms with E-state index in [2.05, 4.69) is 6.92 Å². The highest BCUT2D eigenvalue weighted by atomic mass is 16.5. The molecule has 0 saturated heterocycles.